The summed E-state index contributed by atoms with van der Waals surface area (Å²) in [5.41, 5.74) is 3.64. The van der Waals surface area contributed by atoms with E-state index >= 15 is 0 Å². The maximum atomic E-state index is 12.4. The lowest BCUT2D eigenvalue weighted by atomic mass is 9.82. The van der Waals surface area contributed by atoms with E-state index in [2.05, 4.69) is 45.1 Å². The molecule has 24 heavy (non-hydrogen) atoms. The second-order valence-corrected chi connectivity index (χ2v) is 8.40. The lowest BCUT2D eigenvalue weighted by Gasteiger charge is -2.22. The van der Waals surface area contributed by atoms with Crippen LogP contribution in [0.25, 0.3) is 0 Å². The first-order chi connectivity index (χ1) is 11.1. The zero-order chi connectivity index (χ0) is 17.7. The van der Waals surface area contributed by atoms with Crippen molar-refractivity contribution < 1.29 is 14.7 Å². The van der Waals surface area contributed by atoms with E-state index in [1.165, 1.54) is 11.1 Å². The molecule has 0 spiro atoms. The maximum Gasteiger partial charge on any atom is 0.321 e. The number of carbonyl (C=O) groups is 2. The van der Waals surface area contributed by atoms with Gasteiger partial charge in [0.15, 0.2) is 0 Å². The van der Waals surface area contributed by atoms with Crippen LogP contribution >= 0.6 is 0 Å². The number of benzene rings is 1. The van der Waals surface area contributed by atoms with Gasteiger partial charge in [0.2, 0.25) is 0 Å². The van der Waals surface area contributed by atoms with Crippen molar-refractivity contribution in [1.82, 2.24) is 4.90 Å². The van der Waals surface area contributed by atoms with Crippen LogP contribution in [0.4, 0.5) is 10.5 Å². The standard InChI is InChI=1S/C19H26N2O3/c1-18(2)11-19(3,4)15-9-13(5-6-14(15)18)20-17(24)21-8-7-12(10-21)16(22)23/h5-6,9,12H,7-8,10-11H2,1-4H3,(H,20,24)(H,22,23). The van der Waals surface area contributed by atoms with Crippen molar-refractivity contribution in [2.45, 2.75) is 51.4 Å². The number of amides is 2. The predicted octanol–water partition coefficient (Wildman–Crippen LogP) is 3.58. The lowest BCUT2D eigenvalue weighted by Crippen LogP contribution is -2.33. The molecule has 1 heterocycles. The molecule has 5 nitrogen and oxygen atoms in total. The molecule has 2 N–H and O–H groups in total. The predicted molar refractivity (Wildman–Crippen MR) is 93.4 cm³/mol. The van der Waals surface area contributed by atoms with Crippen LogP contribution in [0.2, 0.25) is 0 Å². The molecule has 2 aliphatic rings. The molecule has 3 rings (SSSR count). The Balaban J connectivity index is 1.76. The second-order valence-electron chi connectivity index (χ2n) is 8.40. The minimum atomic E-state index is -0.827. The van der Waals surface area contributed by atoms with Crippen LogP contribution in [0.15, 0.2) is 18.2 Å². The number of fused-ring (bicyclic) bond motifs is 1. The van der Waals surface area contributed by atoms with Crippen molar-refractivity contribution in [2.75, 3.05) is 18.4 Å². The molecule has 1 aromatic carbocycles. The third-order valence-electron chi connectivity index (χ3n) is 5.44. The number of urea groups is 1. The Morgan fingerprint density at radius 1 is 1.17 bits per heavy atom. The largest absolute Gasteiger partial charge is 0.481 e. The molecule has 5 heteroatoms. The zero-order valence-electron chi connectivity index (χ0n) is 14.8. The third-order valence-corrected chi connectivity index (χ3v) is 5.44. The van der Waals surface area contributed by atoms with Crippen molar-refractivity contribution in [2.24, 2.45) is 5.92 Å². The van der Waals surface area contributed by atoms with E-state index in [1.54, 1.807) is 4.90 Å². The van der Waals surface area contributed by atoms with Crippen LogP contribution in [0.3, 0.4) is 0 Å². The number of aliphatic carboxylic acids is 1. The Kier molecular flexibility index (Phi) is 3.85. The molecule has 0 aromatic heterocycles. The van der Waals surface area contributed by atoms with Crippen molar-refractivity contribution in [1.29, 1.82) is 0 Å². The Morgan fingerprint density at radius 2 is 1.83 bits per heavy atom. The minimum Gasteiger partial charge on any atom is -0.481 e. The van der Waals surface area contributed by atoms with Gasteiger partial charge in [0.05, 0.1) is 5.92 Å². The summed E-state index contributed by atoms with van der Waals surface area (Å²) in [4.78, 5) is 25.0. The van der Waals surface area contributed by atoms with Crippen LogP contribution in [-0.4, -0.2) is 35.1 Å². The molecule has 0 saturated carbocycles. The highest BCUT2D eigenvalue weighted by Crippen LogP contribution is 2.49. The fourth-order valence-corrected chi connectivity index (χ4v) is 4.42. The molecule has 1 atom stereocenters. The summed E-state index contributed by atoms with van der Waals surface area (Å²) in [7, 11) is 0. The molecule has 1 saturated heterocycles. The molecule has 0 radical (unpaired) electrons. The fraction of sp³-hybridized carbons (Fsp3) is 0.579. The van der Waals surface area contributed by atoms with E-state index in [-0.39, 0.29) is 23.4 Å². The minimum absolute atomic E-state index is 0.0849. The van der Waals surface area contributed by atoms with Crippen LogP contribution in [-0.2, 0) is 15.6 Å². The Morgan fingerprint density at radius 3 is 2.46 bits per heavy atom. The summed E-state index contributed by atoms with van der Waals surface area (Å²) in [5.74, 6) is -1.28. The average molecular weight is 330 g/mol. The second kappa shape index (κ2) is 5.50. The number of nitrogens with zero attached hydrogens (tertiary/aromatic N) is 1. The quantitative estimate of drug-likeness (QED) is 0.871. The number of carboxylic acid groups (broad SMARTS) is 1. The molecule has 130 valence electrons. The summed E-state index contributed by atoms with van der Waals surface area (Å²) in [6.45, 7) is 9.77. The van der Waals surface area contributed by atoms with E-state index in [9.17, 15) is 9.59 Å². The molecule has 1 unspecified atom stereocenters. The van der Waals surface area contributed by atoms with Crippen molar-refractivity contribution >= 4 is 17.7 Å². The van der Waals surface area contributed by atoms with Crippen LogP contribution in [0, 0.1) is 5.92 Å². The highest BCUT2D eigenvalue weighted by molar-refractivity contribution is 5.90. The third kappa shape index (κ3) is 2.87. The van der Waals surface area contributed by atoms with E-state index in [1.807, 2.05) is 6.07 Å². The van der Waals surface area contributed by atoms with Gasteiger partial charge >= 0.3 is 12.0 Å². The first-order valence-electron chi connectivity index (χ1n) is 8.54. The normalized spacial score (nSPS) is 23.8. The Bertz CT molecular complexity index is 694. The summed E-state index contributed by atoms with van der Waals surface area (Å²) in [5, 5.41) is 12.0. The van der Waals surface area contributed by atoms with Crippen molar-refractivity contribution in [3.63, 3.8) is 0 Å². The number of nitrogens with one attached hydrogen (secondary N) is 1. The van der Waals surface area contributed by atoms with E-state index < -0.39 is 11.9 Å². The smallest absolute Gasteiger partial charge is 0.321 e. The molecule has 1 aromatic rings. The number of hydrogen-bond donors (Lipinski definition) is 2. The number of hydrogen-bond acceptors (Lipinski definition) is 2. The Labute approximate surface area is 143 Å². The molecule has 1 fully saturated rings. The van der Waals surface area contributed by atoms with Gasteiger partial charge < -0.3 is 15.3 Å². The van der Waals surface area contributed by atoms with Gasteiger partial charge in [-0.3, -0.25) is 4.79 Å². The van der Waals surface area contributed by atoms with Gasteiger partial charge in [-0.05, 0) is 46.9 Å². The van der Waals surface area contributed by atoms with Gasteiger partial charge in [0.25, 0.3) is 0 Å². The van der Waals surface area contributed by atoms with Crippen LogP contribution in [0.5, 0.6) is 0 Å². The summed E-state index contributed by atoms with van der Waals surface area (Å²) >= 11 is 0. The zero-order valence-corrected chi connectivity index (χ0v) is 14.8. The molecule has 1 aliphatic carbocycles. The highest BCUT2D eigenvalue weighted by Gasteiger charge is 2.41. The number of carbonyl (C=O) groups excluding carboxylic acids is 1. The van der Waals surface area contributed by atoms with Gasteiger partial charge in [-0.1, -0.05) is 33.8 Å². The molecular weight excluding hydrogens is 304 g/mol. The monoisotopic (exact) mass is 330 g/mol. The topological polar surface area (TPSA) is 69.6 Å². The van der Waals surface area contributed by atoms with Gasteiger partial charge in [0, 0.05) is 18.8 Å². The van der Waals surface area contributed by atoms with Gasteiger partial charge in [-0.25, -0.2) is 4.79 Å². The van der Waals surface area contributed by atoms with Crippen LogP contribution in [0.1, 0.15) is 51.7 Å². The summed E-state index contributed by atoms with van der Waals surface area (Å²) in [6.07, 6.45) is 1.60. The van der Waals surface area contributed by atoms with E-state index in [4.69, 9.17) is 5.11 Å². The Hall–Kier alpha value is -2.04. The number of carboxylic acids is 1. The molecule has 1 aliphatic heterocycles. The van der Waals surface area contributed by atoms with Gasteiger partial charge in [0.1, 0.15) is 0 Å². The molecule has 0 bridgehead atoms. The maximum absolute atomic E-state index is 12.4. The summed E-state index contributed by atoms with van der Waals surface area (Å²) in [6, 6.07) is 5.93. The lowest BCUT2D eigenvalue weighted by molar-refractivity contribution is -0.141. The average Bonchev–Trinajstić information content (AvgIpc) is 3.01. The van der Waals surface area contributed by atoms with E-state index in [0.717, 1.165) is 12.1 Å². The summed E-state index contributed by atoms with van der Waals surface area (Å²) < 4.78 is 0. The number of anilines is 1. The van der Waals surface area contributed by atoms with Gasteiger partial charge in [-0.2, -0.15) is 0 Å². The SMILES string of the molecule is CC1(C)CC(C)(C)c2cc(NC(=O)N3CCC(C(=O)O)C3)ccc21. The van der Waals surface area contributed by atoms with Crippen molar-refractivity contribution in [3.05, 3.63) is 29.3 Å². The fourth-order valence-electron chi connectivity index (χ4n) is 4.42. The number of likely N-dealkylation sites (tertiary alicyclic amines) is 1. The van der Waals surface area contributed by atoms with Crippen molar-refractivity contribution in [3.8, 4) is 0 Å². The van der Waals surface area contributed by atoms with E-state index in [0.29, 0.717) is 13.0 Å². The van der Waals surface area contributed by atoms with Gasteiger partial charge in [-0.15, -0.1) is 0 Å². The number of rotatable bonds is 2. The molecule has 2 amide bonds. The van der Waals surface area contributed by atoms with Crippen LogP contribution < -0.4 is 5.32 Å². The first-order valence-corrected chi connectivity index (χ1v) is 8.54. The molecular formula is C19H26N2O3. The first kappa shape index (κ1) is 16.8. The highest BCUT2D eigenvalue weighted by atomic mass is 16.4.